The number of rotatable bonds is 5. The largest absolute Gasteiger partial charge is 0.493 e. The number of aliphatic carboxylic acids is 1. The molecule has 6 nitrogen and oxygen atoms in total. The Kier molecular flexibility index (Phi) is 4.24. The fourth-order valence-electron chi connectivity index (χ4n) is 2.04. The average molecular weight is 279 g/mol. The third-order valence-electron chi connectivity index (χ3n) is 3.30. The molecule has 0 bridgehead atoms. The minimum absolute atomic E-state index is 0.461. The zero-order valence-corrected chi connectivity index (χ0v) is 11.4. The van der Waals surface area contributed by atoms with Crippen LogP contribution in [0.25, 0.3) is 0 Å². The minimum atomic E-state index is -1.11. The molecule has 1 heterocycles. The highest BCUT2D eigenvalue weighted by atomic mass is 16.5. The molecule has 0 saturated carbocycles. The Morgan fingerprint density at radius 3 is 2.85 bits per heavy atom. The second-order valence-electron chi connectivity index (χ2n) is 4.62. The van der Waals surface area contributed by atoms with Crippen molar-refractivity contribution in [1.29, 1.82) is 0 Å². The van der Waals surface area contributed by atoms with Crippen LogP contribution in [0.3, 0.4) is 0 Å². The van der Waals surface area contributed by atoms with Gasteiger partial charge in [0.15, 0.2) is 6.04 Å². The average Bonchev–Trinajstić information content (AvgIpc) is 2.90. The molecule has 2 unspecified atom stereocenters. The molecule has 0 fully saturated rings. The second kappa shape index (κ2) is 5.92. The molecule has 1 amide bonds. The zero-order chi connectivity index (χ0) is 14.7. The summed E-state index contributed by atoms with van der Waals surface area (Å²) in [4.78, 5) is 23.1. The molecule has 108 valence electrons. The zero-order valence-electron chi connectivity index (χ0n) is 11.4. The van der Waals surface area contributed by atoms with Crippen molar-refractivity contribution < 1.29 is 24.2 Å². The number of fused-ring (bicyclic) bond motifs is 1. The van der Waals surface area contributed by atoms with Gasteiger partial charge in [0.25, 0.3) is 0 Å². The summed E-state index contributed by atoms with van der Waals surface area (Å²) in [7, 11) is 1.40. The van der Waals surface area contributed by atoms with Gasteiger partial charge in [-0.1, -0.05) is 6.07 Å². The molecule has 2 rings (SSSR count). The third kappa shape index (κ3) is 2.91. The van der Waals surface area contributed by atoms with Crippen molar-refractivity contribution in [2.75, 3.05) is 13.7 Å². The van der Waals surface area contributed by atoms with Gasteiger partial charge >= 0.3 is 5.97 Å². The van der Waals surface area contributed by atoms with Crippen LogP contribution in [0.5, 0.6) is 5.75 Å². The highest BCUT2D eigenvalue weighted by Gasteiger charge is 2.26. The van der Waals surface area contributed by atoms with Crippen molar-refractivity contribution in [3.63, 3.8) is 0 Å². The van der Waals surface area contributed by atoms with E-state index >= 15 is 0 Å². The summed E-state index contributed by atoms with van der Waals surface area (Å²) in [6.07, 6.45) is 0.0485. The molecule has 1 aliphatic heterocycles. The highest BCUT2D eigenvalue weighted by Crippen LogP contribution is 2.28. The topological polar surface area (TPSA) is 84.9 Å². The van der Waals surface area contributed by atoms with Crippen molar-refractivity contribution in [3.8, 4) is 5.75 Å². The van der Waals surface area contributed by atoms with Crippen molar-refractivity contribution in [2.24, 2.45) is 0 Å². The van der Waals surface area contributed by atoms with Crippen molar-refractivity contribution >= 4 is 11.9 Å². The number of carbonyl (C=O) groups is 2. The first kappa shape index (κ1) is 14.3. The van der Waals surface area contributed by atoms with E-state index in [0.717, 1.165) is 17.7 Å². The Labute approximate surface area is 116 Å². The van der Waals surface area contributed by atoms with Crippen LogP contribution in [-0.2, 0) is 20.7 Å². The van der Waals surface area contributed by atoms with Crippen LogP contribution in [0.1, 0.15) is 24.1 Å². The maximum atomic E-state index is 11.8. The molecular weight excluding hydrogens is 262 g/mol. The number of methoxy groups -OCH3 is 1. The number of carboxylic acid groups (broad SMARTS) is 1. The van der Waals surface area contributed by atoms with Crippen LogP contribution in [0.4, 0.5) is 0 Å². The predicted octanol–water partition coefficient (Wildman–Crippen LogP) is 0.898. The number of nitrogens with one attached hydrogen (secondary N) is 1. The number of benzene rings is 1. The molecule has 0 radical (unpaired) electrons. The van der Waals surface area contributed by atoms with E-state index in [1.54, 1.807) is 25.1 Å². The molecular formula is C14H17NO5. The number of hydrogen-bond acceptors (Lipinski definition) is 4. The van der Waals surface area contributed by atoms with Crippen molar-refractivity contribution in [1.82, 2.24) is 5.32 Å². The molecule has 0 spiro atoms. The van der Waals surface area contributed by atoms with Gasteiger partial charge in [-0.25, -0.2) is 4.79 Å². The lowest BCUT2D eigenvalue weighted by Crippen LogP contribution is -2.39. The Morgan fingerprint density at radius 1 is 1.45 bits per heavy atom. The Bertz CT molecular complexity index is 528. The standard InChI is InChI=1S/C14H17NO5/c1-8(19-2)13(16)15-12(14(17)18)10-3-4-11-9(7-10)5-6-20-11/h3-4,7-8,12H,5-6H2,1-2H3,(H,15,16)(H,17,18). The van der Waals surface area contributed by atoms with Gasteiger partial charge in [-0.2, -0.15) is 0 Å². The molecule has 1 aromatic rings. The molecule has 0 aliphatic carbocycles. The van der Waals surface area contributed by atoms with E-state index in [2.05, 4.69) is 5.32 Å². The van der Waals surface area contributed by atoms with Gasteiger partial charge in [0.05, 0.1) is 6.61 Å². The fraction of sp³-hybridized carbons (Fsp3) is 0.429. The van der Waals surface area contributed by atoms with E-state index in [9.17, 15) is 14.7 Å². The van der Waals surface area contributed by atoms with E-state index in [1.165, 1.54) is 7.11 Å². The molecule has 1 aromatic carbocycles. The summed E-state index contributed by atoms with van der Waals surface area (Å²) in [6.45, 7) is 2.16. The number of ether oxygens (including phenoxy) is 2. The van der Waals surface area contributed by atoms with E-state index in [4.69, 9.17) is 9.47 Å². The smallest absolute Gasteiger partial charge is 0.330 e. The third-order valence-corrected chi connectivity index (χ3v) is 3.30. The first-order valence-corrected chi connectivity index (χ1v) is 6.34. The Balaban J connectivity index is 2.21. The van der Waals surface area contributed by atoms with Crippen LogP contribution in [0, 0.1) is 0 Å². The summed E-state index contributed by atoms with van der Waals surface area (Å²) in [5, 5.41) is 11.8. The van der Waals surface area contributed by atoms with Crippen LogP contribution >= 0.6 is 0 Å². The van der Waals surface area contributed by atoms with Gasteiger partial charge in [0.1, 0.15) is 11.9 Å². The maximum absolute atomic E-state index is 11.8. The van der Waals surface area contributed by atoms with Gasteiger partial charge in [0.2, 0.25) is 5.91 Å². The number of amides is 1. The van der Waals surface area contributed by atoms with Gasteiger partial charge in [-0.3, -0.25) is 4.79 Å². The van der Waals surface area contributed by atoms with Crippen molar-refractivity contribution in [2.45, 2.75) is 25.5 Å². The normalized spacial score (nSPS) is 15.9. The molecule has 2 atom stereocenters. The molecule has 20 heavy (non-hydrogen) atoms. The fourth-order valence-corrected chi connectivity index (χ4v) is 2.04. The van der Waals surface area contributed by atoms with Gasteiger partial charge in [-0.15, -0.1) is 0 Å². The lowest BCUT2D eigenvalue weighted by atomic mass is 10.0. The first-order valence-electron chi connectivity index (χ1n) is 6.34. The molecule has 6 heteroatoms. The summed E-state index contributed by atoms with van der Waals surface area (Å²) < 4.78 is 10.3. The number of carboxylic acids is 1. The van der Waals surface area contributed by atoms with Gasteiger partial charge in [0, 0.05) is 13.5 Å². The van der Waals surface area contributed by atoms with Crippen molar-refractivity contribution in [3.05, 3.63) is 29.3 Å². The lowest BCUT2D eigenvalue weighted by molar-refractivity contribution is -0.143. The quantitative estimate of drug-likeness (QED) is 0.836. The lowest BCUT2D eigenvalue weighted by Gasteiger charge is -2.18. The molecule has 0 saturated heterocycles. The van der Waals surface area contributed by atoms with Gasteiger partial charge < -0.3 is 19.9 Å². The summed E-state index contributed by atoms with van der Waals surface area (Å²) in [5.74, 6) is -0.799. The van der Waals surface area contributed by atoms with E-state index in [1.807, 2.05) is 0 Å². The van der Waals surface area contributed by atoms with Crippen LogP contribution in [0.15, 0.2) is 18.2 Å². The monoisotopic (exact) mass is 279 g/mol. The van der Waals surface area contributed by atoms with Crippen LogP contribution in [0.2, 0.25) is 0 Å². The minimum Gasteiger partial charge on any atom is -0.493 e. The summed E-state index contributed by atoms with van der Waals surface area (Å²) in [6, 6.07) is 4.06. The Morgan fingerprint density at radius 2 is 2.20 bits per heavy atom. The second-order valence-corrected chi connectivity index (χ2v) is 4.62. The number of hydrogen-bond donors (Lipinski definition) is 2. The van der Waals surface area contributed by atoms with E-state index in [-0.39, 0.29) is 0 Å². The van der Waals surface area contributed by atoms with Gasteiger partial charge in [-0.05, 0) is 30.2 Å². The van der Waals surface area contributed by atoms with Crippen LogP contribution < -0.4 is 10.1 Å². The van der Waals surface area contributed by atoms with E-state index < -0.39 is 24.0 Å². The maximum Gasteiger partial charge on any atom is 0.330 e. The molecule has 1 aliphatic rings. The highest BCUT2D eigenvalue weighted by molar-refractivity contribution is 5.86. The number of carbonyl (C=O) groups excluding carboxylic acids is 1. The Hall–Kier alpha value is -2.08. The molecule has 0 aromatic heterocycles. The predicted molar refractivity (Wildman–Crippen MR) is 70.6 cm³/mol. The summed E-state index contributed by atoms with van der Waals surface area (Å²) >= 11 is 0. The first-order chi connectivity index (χ1) is 9.52. The summed E-state index contributed by atoms with van der Waals surface area (Å²) in [5.41, 5.74) is 1.49. The SMILES string of the molecule is COC(C)C(=O)NC(C(=O)O)c1ccc2c(c1)CCO2. The molecule has 2 N–H and O–H groups in total. The van der Waals surface area contributed by atoms with E-state index in [0.29, 0.717) is 12.2 Å². The van der Waals surface area contributed by atoms with Crippen LogP contribution in [-0.4, -0.2) is 36.8 Å².